The Hall–Kier alpha value is -1.66. The predicted octanol–water partition coefficient (Wildman–Crippen LogP) is 3.00. The summed E-state index contributed by atoms with van der Waals surface area (Å²) in [6.07, 6.45) is 0. The van der Waals surface area contributed by atoms with Crippen molar-refractivity contribution in [2.24, 2.45) is 0 Å². The van der Waals surface area contributed by atoms with Gasteiger partial charge in [-0.25, -0.2) is 4.98 Å². The van der Waals surface area contributed by atoms with Crippen LogP contribution in [0.4, 0.5) is 0 Å². The average molecular weight is 227 g/mol. The zero-order chi connectivity index (χ0) is 11.0. The van der Waals surface area contributed by atoms with Crippen molar-refractivity contribution >= 4 is 25.6 Å². The van der Waals surface area contributed by atoms with E-state index >= 15 is 0 Å². The van der Waals surface area contributed by atoms with E-state index in [0.29, 0.717) is 5.89 Å². The second kappa shape index (κ2) is 3.73. The molecule has 0 saturated carbocycles. The van der Waals surface area contributed by atoms with E-state index in [2.05, 4.69) is 14.2 Å². The number of nitrogens with zero attached hydrogens (tertiary/aromatic N) is 1. The largest absolute Gasteiger partial charge is 0.436 e. The summed E-state index contributed by atoms with van der Waals surface area (Å²) in [5.41, 5.74) is 2.72. The zero-order valence-electron chi connectivity index (χ0n) is 8.55. The first-order chi connectivity index (χ1) is 7.83. The molecule has 0 aliphatic carbocycles. The van der Waals surface area contributed by atoms with Crippen LogP contribution in [0.25, 0.3) is 22.6 Å². The maximum absolute atomic E-state index is 5.71. The van der Waals surface area contributed by atoms with Gasteiger partial charge in [-0.1, -0.05) is 24.3 Å². The highest BCUT2D eigenvalue weighted by Gasteiger charge is 2.06. The van der Waals surface area contributed by atoms with E-state index in [0.717, 1.165) is 22.0 Å². The minimum Gasteiger partial charge on any atom is -0.436 e. The highest BCUT2D eigenvalue weighted by molar-refractivity contribution is 7.27. The molecule has 0 bridgehead atoms. The molecule has 0 saturated heterocycles. The Balaban J connectivity index is 2.19. The number of hydrogen-bond acceptors (Lipinski definition) is 2. The Labute approximate surface area is 95.5 Å². The molecule has 3 heteroatoms. The van der Waals surface area contributed by atoms with E-state index in [-0.39, 0.29) is 0 Å². The van der Waals surface area contributed by atoms with E-state index in [9.17, 15) is 0 Å². The molecule has 3 rings (SSSR count). The Bertz CT molecular complexity index is 631. The summed E-state index contributed by atoms with van der Waals surface area (Å²) in [5.74, 6) is 0.672. The molecule has 16 heavy (non-hydrogen) atoms. The van der Waals surface area contributed by atoms with E-state index in [1.807, 2.05) is 48.5 Å². The molecule has 0 N–H and O–H groups in total. The molecule has 0 amide bonds. The lowest BCUT2D eigenvalue weighted by atomic mass is 10.2. The van der Waals surface area contributed by atoms with Gasteiger partial charge >= 0.3 is 0 Å². The zero-order valence-corrected chi connectivity index (χ0v) is 9.71. The van der Waals surface area contributed by atoms with Crippen LogP contribution < -0.4 is 5.30 Å². The van der Waals surface area contributed by atoms with Crippen LogP contribution in [0.3, 0.4) is 0 Å². The van der Waals surface area contributed by atoms with E-state index < -0.39 is 0 Å². The molecule has 1 aromatic heterocycles. The first-order valence-corrected chi connectivity index (χ1v) is 5.62. The molecule has 1 heterocycles. The Morgan fingerprint density at radius 1 is 1.00 bits per heavy atom. The number of hydrogen-bond donors (Lipinski definition) is 0. The molecule has 0 radical (unpaired) electrons. The number of benzene rings is 2. The fourth-order valence-corrected chi connectivity index (χ4v) is 1.89. The van der Waals surface area contributed by atoms with Gasteiger partial charge in [0.2, 0.25) is 5.89 Å². The lowest BCUT2D eigenvalue weighted by Crippen LogP contribution is -1.85. The number of aromatic nitrogens is 1. The van der Waals surface area contributed by atoms with Crippen LogP contribution in [-0.2, 0) is 0 Å². The van der Waals surface area contributed by atoms with Crippen LogP contribution in [-0.4, -0.2) is 4.98 Å². The molecule has 3 aromatic rings. The van der Waals surface area contributed by atoms with Crippen LogP contribution >= 0.6 is 9.24 Å². The van der Waals surface area contributed by atoms with Crippen LogP contribution in [0.15, 0.2) is 52.9 Å². The number of rotatable bonds is 1. The number of fused-ring (bicyclic) bond motifs is 1. The summed E-state index contributed by atoms with van der Waals surface area (Å²) in [7, 11) is 2.65. The molecular formula is C13H10NOP. The van der Waals surface area contributed by atoms with Gasteiger partial charge in [0, 0.05) is 5.56 Å². The molecule has 0 spiro atoms. The van der Waals surface area contributed by atoms with Crippen molar-refractivity contribution in [2.45, 2.75) is 0 Å². The van der Waals surface area contributed by atoms with Crippen molar-refractivity contribution in [3.63, 3.8) is 0 Å². The summed E-state index contributed by atoms with van der Waals surface area (Å²) in [5, 5.41) is 1.10. The van der Waals surface area contributed by atoms with Gasteiger partial charge in [0.25, 0.3) is 0 Å². The minimum absolute atomic E-state index is 0.672. The quantitative estimate of drug-likeness (QED) is 0.597. The first kappa shape index (κ1) is 9.56. The van der Waals surface area contributed by atoms with Crippen molar-refractivity contribution in [3.05, 3.63) is 48.5 Å². The van der Waals surface area contributed by atoms with Gasteiger partial charge in [-0.2, -0.15) is 0 Å². The average Bonchev–Trinajstić information content (AvgIpc) is 2.73. The van der Waals surface area contributed by atoms with Crippen LogP contribution in [0.2, 0.25) is 0 Å². The third-order valence-corrected chi connectivity index (χ3v) is 2.79. The van der Waals surface area contributed by atoms with E-state index in [1.165, 1.54) is 0 Å². The molecule has 78 valence electrons. The second-order valence-electron chi connectivity index (χ2n) is 3.61. The van der Waals surface area contributed by atoms with E-state index in [4.69, 9.17) is 4.42 Å². The van der Waals surface area contributed by atoms with Gasteiger partial charge in [-0.05, 0) is 29.6 Å². The van der Waals surface area contributed by atoms with Crippen molar-refractivity contribution in [3.8, 4) is 11.5 Å². The lowest BCUT2D eigenvalue weighted by Gasteiger charge is -1.91. The molecule has 0 fully saturated rings. The standard InChI is InChI=1S/C13H10NOP/c16-10-6-7-11-12(8-10)15-13(14-11)9-4-2-1-3-5-9/h1-8H,16H2. The van der Waals surface area contributed by atoms with Gasteiger partial charge < -0.3 is 4.42 Å². The van der Waals surface area contributed by atoms with Gasteiger partial charge in [0.1, 0.15) is 5.52 Å². The smallest absolute Gasteiger partial charge is 0.227 e. The predicted molar refractivity (Wildman–Crippen MR) is 68.8 cm³/mol. The molecule has 1 unspecified atom stereocenters. The summed E-state index contributed by atoms with van der Waals surface area (Å²) in [4.78, 5) is 4.45. The molecule has 0 aliphatic rings. The van der Waals surface area contributed by atoms with Gasteiger partial charge in [-0.15, -0.1) is 9.24 Å². The fraction of sp³-hybridized carbons (Fsp3) is 0. The Morgan fingerprint density at radius 3 is 2.62 bits per heavy atom. The van der Waals surface area contributed by atoms with E-state index in [1.54, 1.807) is 0 Å². The first-order valence-electron chi connectivity index (χ1n) is 5.04. The Morgan fingerprint density at radius 2 is 1.81 bits per heavy atom. The normalized spacial score (nSPS) is 10.8. The van der Waals surface area contributed by atoms with Crippen LogP contribution in [0.5, 0.6) is 0 Å². The SMILES string of the molecule is Pc1ccc2nc(-c3ccccc3)oc2c1. The Kier molecular flexibility index (Phi) is 2.23. The highest BCUT2D eigenvalue weighted by atomic mass is 31.0. The molecular weight excluding hydrogens is 217 g/mol. The molecule has 2 nitrogen and oxygen atoms in total. The van der Waals surface area contributed by atoms with Gasteiger partial charge in [-0.3, -0.25) is 0 Å². The third-order valence-electron chi connectivity index (χ3n) is 2.43. The van der Waals surface area contributed by atoms with Crippen LogP contribution in [0.1, 0.15) is 0 Å². The monoisotopic (exact) mass is 227 g/mol. The summed E-state index contributed by atoms with van der Waals surface area (Å²) >= 11 is 0. The van der Waals surface area contributed by atoms with Crippen molar-refractivity contribution in [2.75, 3.05) is 0 Å². The van der Waals surface area contributed by atoms with Crippen molar-refractivity contribution < 1.29 is 4.42 Å². The summed E-state index contributed by atoms with van der Waals surface area (Å²) in [6, 6.07) is 15.9. The summed E-state index contributed by atoms with van der Waals surface area (Å²) < 4.78 is 5.71. The fourth-order valence-electron chi connectivity index (χ4n) is 1.65. The maximum Gasteiger partial charge on any atom is 0.227 e. The molecule has 2 aromatic carbocycles. The van der Waals surface area contributed by atoms with Crippen LogP contribution in [0, 0.1) is 0 Å². The van der Waals surface area contributed by atoms with Crippen molar-refractivity contribution in [1.29, 1.82) is 0 Å². The molecule has 1 atom stereocenters. The lowest BCUT2D eigenvalue weighted by molar-refractivity contribution is 0.620. The van der Waals surface area contributed by atoms with Crippen molar-refractivity contribution in [1.82, 2.24) is 4.98 Å². The second-order valence-corrected chi connectivity index (χ2v) is 4.28. The minimum atomic E-state index is 0.672. The van der Waals surface area contributed by atoms with Gasteiger partial charge in [0.15, 0.2) is 5.58 Å². The topological polar surface area (TPSA) is 26.0 Å². The van der Waals surface area contributed by atoms with Gasteiger partial charge in [0.05, 0.1) is 0 Å². The highest BCUT2D eigenvalue weighted by Crippen LogP contribution is 2.23. The molecule has 0 aliphatic heterocycles. The third kappa shape index (κ3) is 1.62. The number of oxazole rings is 1. The summed E-state index contributed by atoms with van der Waals surface area (Å²) in [6.45, 7) is 0. The maximum atomic E-state index is 5.71.